The Kier molecular flexibility index (Phi) is 13.3. The van der Waals surface area contributed by atoms with Gasteiger partial charge in [-0.25, -0.2) is 4.79 Å². The molecule has 3 aliphatic rings. The molecule has 0 bridgehead atoms. The fourth-order valence-electron chi connectivity index (χ4n) is 7.69. The Morgan fingerprint density at radius 1 is 0.975 bits per heavy atom. The average Bonchev–Trinajstić information content (AvgIpc) is 2.94. The summed E-state index contributed by atoms with van der Waals surface area (Å²) < 4.78 is 12.4. The van der Waals surface area contributed by atoms with Crippen molar-refractivity contribution in [3.8, 4) is 0 Å². The maximum Gasteiger partial charge on any atom is 0.334 e. The quantitative estimate of drug-likeness (QED) is 0.123. The first-order chi connectivity index (χ1) is 19.4. The van der Waals surface area contributed by atoms with E-state index in [1.54, 1.807) is 0 Å². The van der Waals surface area contributed by atoms with Crippen molar-refractivity contribution >= 4 is 11.9 Å². The van der Waals surface area contributed by atoms with Gasteiger partial charge in [0.25, 0.3) is 0 Å². The maximum atomic E-state index is 14.0. The Balaban J connectivity index is 1.85. The third-order valence-corrected chi connectivity index (χ3v) is 10.4. The van der Waals surface area contributed by atoms with Gasteiger partial charge in [-0.1, -0.05) is 111 Å². The number of carbonyl (C=O) groups is 2. The van der Waals surface area contributed by atoms with Crippen LogP contribution in [0.2, 0.25) is 0 Å². The number of esters is 1. The van der Waals surface area contributed by atoms with E-state index in [0.29, 0.717) is 31.9 Å². The lowest BCUT2D eigenvalue weighted by Crippen LogP contribution is -2.72. The number of carbonyl (C=O) groups excluding carboxylic acids is 2. The van der Waals surface area contributed by atoms with Crippen LogP contribution in [0.3, 0.4) is 0 Å². The van der Waals surface area contributed by atoms with Crippen molar-refractivity contribution in [1.82, 2.24) is 5.32 Å². The predicted octanol–water partition coefficient (Wildman–Crippen LogP) is 8.19. The van der Waals surface area contributed by atoms with Crippen molar-refractivity contribution in [2.75, 3.05) is 13.2 Å². The van der Waals surface area contributed by atoms with Crippen molar-refractivity contribution < 1.29 is 24.2 Å². The van der Waals surface area contributed by atoms with E-state index >= 15 is 0 Å². The van der Waals surface area contributed by atoms with Crippen molar-refractivity contribution in [2.45, 2.75) is 155 Å². The number of aliphatic hydroxyl groups is 1. The van der Waals surface area contributed by atoms with E-state index in [1.165, 1.54) is 63.9 Å². The molecule has 2 aliphatic heterocycles. The molecular weight excluding hydrogens is 502 g/mol. The molecule has 40 heavy (non-hydrogen) atoms. The molecule has 6 atom stereocenters. The largest absolute Gasteiger partial charge is 0.512 e. The van der Waals surface area contributed by atoms with E-state index in [1.807, 2.05) is 0 Å². The third-order valence-electron chi connectivity index (χ3n) is 10.4. The highest BCUT2D eigenvalue weighted by atomic mass is 16.6. The van der Waals surface area contributed by atoms with Crippen molar-refractivity contribution in [2.24, 2.45) is 23.2 Å². The van der Waals surface area contributed by atoms with E-state index in [0.717, 1.165) is 44.9 Å². The van der Waals surface area contributed by atoms with Gasteiger partial charge >= 0.3 is 5.97 Å². The second-order valence-electron chi connectivity index (χ2n) is 13.1. The number of fused-ring (bicyclic) bond motifs is 1. The molecule has 6 heteroatoms. The average molecular weight is 562 g/mol. The lowest BCUT2D eigenvalue weighted by molar-refractivity contribution is -0.318. The summed E-state index contributed by atoms with van der Waals surface area (Å²) in [5.74, 6) is -0.573. The number of unbranched alkanes of at least 4 members (excludes halogenated alkanes) is 9. The first-order valence-electron chi connectivity index (χ1n) is 16.9. The molecule has 0 aromatic carbocycles. The highest BCUT2D eigenvalue weighted by molar-refractivity contribution is 5.84. The van der Waals surface area contributed by atoms with Crippen LogP contribution >= 0.6 is 0 Å². The summed E-state index contributed by atoms with van der Waals surface area (Å²) in [5.41, 5.74) is -0.697. The second kappa shape index (κ2) is 16.2. The van der Waals surface area contributed by atoms with Gasteiger partial charge in [-0.15, -0.1) is 0 Å². The summed E-state index contributed by atoms with van der Waals surface area (Å²) in [5, 5.41) is 14.2. The van der Waals surface area contributed by atoms with Crippen LogP contribution in [0.5, 0.6) is 0 Å². The minimum Gasteiger partial charge on any atom is -0.512 e. The van der Waals surface area contributed by atoms with Crippen LogP contribution in [-0.2, 0) is 19.1 Å². The van der Waals surface area contributed by atoms with Crippen LogP contribution in [0.25, 0.3) is 0 Å². The van der Waals surface area contributed by atoms with E-state index in [9.17, 15) is 14.7 Å². The molecule has 6 nitrogen and oxygen atoms in total. The van der Waals surface area contributed by atoms with Crippen molar-refractivity contribution in [1.29, 1.82) is 0 Å². The van der Waals surface area contributed by atoms with Crippen LogP contribution in [-0.4, -0.2) is 41.8 Å². The smallest absolute Gasteiger partial charge is 0.334 e. The Morgan fingerprint density at radius 2 is 1.60 bits per heavy atom. The lowest BCUT2D eigenvalue weighted by Gasteiger charge is -2.65. The van der Waals surface area contributed by atoms with Crippen LogP contribution in [0.1, 0.15) is 143 Å². The number of hydrogen-bond donors (Lipinski definition) is 2. The highest BCUT2D eigenvalue weighted by Crippen LogP contribution is 2.62. The molecule has 1 aliphatic carbocycles. The normalized spacial score (nSPS) is 30.2. The Bertz CT molecular complexity index is 827. The molecule has 1 amide bonds. The van der Waals surface area contributed by atoms with Gasteiger partial charge in [0.15, 0.2) is 0 Å². The van der Waals surface area contributed by atoms with E-state index in [2.05, 4.69) is 33.0 Å². The zero-order chi connectivity index (χ0) is 29.0. The standard InChI is InChI=1S/C34H59NO5/c1-5-9-12-14-15-17-20-33(19-16-13-10-6-2)25-39-34(33)23-27-29(36)22-31(37)40-30(27)21-28(34)32(38)35-24-26(8-4)18-11-7-3/h22,26-28,30,36H,5-21,23-25H2,1-4H3,(H,35,38). The van der Waals surface area contributed by atoms with Crippen molar-refractivity contribution in [3.05, 3.63) is 11.8 Å². The molecule has 3 rings (SSSR count). The molecule has 0 aromatic heterocycles. The highest BCUT2D eigenvalue weighted by Gasteiger charge is 2.68. The topological polar surface area (TPSA) is 84.9 Å². The van der Waals surface area contributed by atoms with Gasteiger partial charge in [-0.2, -0.15) is 0 Å². The van der Waals surface area contributed by atoms with E-state index < -0.39 is 17.7 Å². The fourth-order valence-corrected chi connectivity index (χ4v) is 7.69. The molecule has 6 unspecified atom stereocenters. The van der Waals surface area contributed by atoms with Gasteiger partial charge in [0.05, 0.1) is 30.1 Å². The Labute approximate surface area is 244 Å². The molecule has 230 valence electrons. The third kappa shape index (κ3) is 7.83. The van der Waals surface area contributed by atoms with Crippen LogP contribution in [0.4, 0.5) is 0 Å². The summed E-state index contributed by atoms with van der Waals surface area (Å²) in [6.07, 6.45) is 20.6. The number of nitrogens with one attached hydrogen (secondary N) is 1. The molecule has 0 radical (unpaired) electrons. The maximum absolute atomic E-state index is 14.0. The fraction of sp³-hybridized carbons (Fsp3) is 0.882. The Hall–Kier alpha value is -1.56. The zero-order valence-corrected chi connectivity index (χ0v) is 26.1. The first kappa shape index (κ1) is 32.9. The van der Waals surface area contributed by atoms with Crippen molar-refractivity contribution in [3.63, 3.8) is 0 Å². The summed E-state index contributed by atoms with van der Waals surface area (Å²) in [6, 6.07) is 0. The molecule has 0 aromatic rings. The van der Waals surface area contributed by atoms with Gasteiger partial charge in [0, 0.05) is 12.0 Å². The van der Waals surface area contributed by atoms with E-state index in [-0.39, 0.29) is 28.9 Å². The van der Waals surface area contributed by atoms with E-state index in [4.69, 9.17) is 9.47 Å². The van der Waals surface area contributed by atoms with Gasteiger partial charge in [0.1, 0.15) is 11.9 Å². The summed E-state index contributed by atoms with van der Waals surface area (Å²) in [6.45, 7) is 10.3. The van der Waals surface area contributed by atoms with Crippen LogP contribution in [0.15, 0.2) is 11.8 Å². The molecule has 2 heterocycles. The predicted molar refractivity (Wildman–Crippen MR) is 161 cm³/mol. The zero-order valence-electron chi connectivity index (χ0n) is 26.1. The Morgan fingerprint density at radius 3 is 2.20 bits per heavy atom. The summed E-state index contributed by atoms with van der Waals surface area (Å²) in [7, 11) is 0. The first-order valence-corrected chi connectivity index (χ1v) is 16.9. The second-order valence-corrected chi connectivity index (χ2v) is 13.1. The minimum absolute atomic E-state index is 0.0408. The minimum atomic E-state index is -0.620. The summed E-state index contributed by atoms with van der Waals surface area (Å²) in [4.78, 5) is 26.2. The molecule has 1 saturated heterocycles. The van der Waals surface area contributed by atoms with Crippen LogP contribution in [0, 0.1) is 23.2 Å². The number of ether oxygens (including phenoxy) is 2. The molecule has 2 fully saturated rings. The SMILES string of the molecule is CCCCCCCCC1(CCCCCC)COC12CC1C(O)=CC(=O)OC1CC2C(=O)NCC(CC)CCCC. The summed E-state index contributed by atoms with van der Waals surface area (Å²) >= 11 is 0. The van der Waals surface area contributed by atoms with Gasteiger partial charge < -0.3 is 19.9 Å². The number of rotatable bonds is 19. The molecule has 1 saturated carbocycles. The number of amides is 1. The lowest BCUT2D eigenvalue weighted by atomic mass is 9.51. The van der Waals surface area contributed by atoms with Gasteiger partial charge in [-0.05, 0) is 38.0 Å². The van der Waals surface area contributed by atoms with Crippen LogP contribution < -0.4 is 5.32 Å². The van der Waals surface area contributed by atoms with Gasteiger partial charge in [0.2, 0.25) is 5.91 Å². The molecule has 1 spiro atoms. The monoisotopic (exact) mass is 561 g/mol. The van der Waals surface area contributed by atoms with Gasteiger partial charge in [-0.3, -0.25) is 4.79 Å². The molecule has 2 N–H and O–H groups in total. The molecular formula is C34H59NO5. The number of hydrogen-bond acceptors (Lipinski definition) is 5. The number of aliphatic hydroxyl groups excluding tert-OH is 1.